The molecule has 3 fully saturated rings. The number of likely N-dealkylation sites (tertiary alicyclic amines) is 1. The summed E-state index contributed by atoms with van der Waals surface area (Å²) in [6.07, 6.45) is 10.9. The number of sulfonamides is 1. The van der Waals surface area contributed by atoms with Crippen molar-refractivity contribution in [2.45, 2.75) is 122 Å². The molecule has 2 aromatic heterocycles. The van der Waals surface area contributed by atoms with Gasteiger partial charge in [-0.05, 0) is 127 Å². The standard InChI is InChI=1S/C44H56N6O5S.H2/c1-26(2)50-28(5)39(44(52)49-33-14-11-15-34(49)25-47(6)24-33)41(45-50)32-20-31-21-35(55-7)17-19-36(31)42-40(29-12-9-8-10-13-29)37-18-16-30(22-38(37)48(42)23-32)43(51)46-56(53,54)27(3)4;/h16-22,26-27,29,33-34H,8-15,23-25H2,1-7H3,(H,46,51);1H. The molecule has 2 unspecified atom stereocenters. The van der Waals surface area contributed by atoms with Gasteiger partial charge in [-0.2, -0.15) is 5.10 Å². The van der Waals surface area contributed by atoms with E-state index in [0.717, 1.165) is 103 Å². The van der Waals surface area contributed by atoms with E-state index in [2.05, 4.69) is 58.2 Å². The second-order valence-corrected chi connectivity index (χ2v) is 19.3. The molecule has 2 bridgehead atoms. The largest absolute Gasteiger partial charge is 0.497 e. The first-order chi connectivity index (χ1) is 26.8. The Labute approximate surface area is 332 Å². The smallest absolute Gasteiger partial charge is 0.264 e. The second kappa shape index (κ2) is 14.8. The summed E-state index contributed by atoms with van der Waals surface area (Å²) in [5.74, 6) is 0.450. The number of nitrogens with one attached hydrogen (secondary N) is 1. The van der Waals surface area contributed by atoms with E-state index in [1.807, 2.05) is 29.8 Å². The van der Waals surface area contributed by atoms with E-state index in [1.165, 1.54) is 12.0 Å². The van der Waals surface area contributed by atoms with Crippen LogP contribution in [0.3, 0.4) is 0 Å². The number of allylic oxidation sites excluding steroid dienone is 1. The number of fused-ring (bicyclic) bond motifs is 7. The number of ether oxygens (including phenoxy) is 1. The van der Waals surface area contributed by atoms with Crippen LogP contribution in [0.5, 0.6) is 5.75 Å². The Morgan fingerprint density at radius 2 is 1.66 bits per heavy atom. The number of likely N-dealkylation sites (N-methyl/N-ethyl adjacent to an activating group) is 1. The lowest BCUT2D eigenvalue weighted by molar-refractivity contribution is 0.00605. The van der Waals surface area contributed by atoms with E-state index >= 15 is 4.79 Å². The number of hydrogen-bond donors (Lipinski definition) is 1. The van der Waals surface area contributed by atoms with Gasteiger partial charge in [0.2, 0.25) is 10.0 Å². The van der Waals surface area contributed by atoms with E-state index in [4.69, 9.17) is 9.84 Å². The molecule has 4 aliphatic rings. The summed E-state index contributed by atoms with van der Waals surface area (Å²) in [5.41, 5.74) is 8.59. The first-order valence-electron chi connectivity index (χ1n) is 20.5. The molecule has 300 valence electrons. The molecule has 8 rings (SSSR count). The number of rotatable bonds is 8. The van der Waals surface area contributed by atoms with Crippen molar-refractivity contribution in [1.82, 2.24) is 28.9 Å². The van der Waals surface area contributed by atoms with Crippen LogP contribution in [0.25, 0.3) is 33.8 Å². The minimum atomic E-state index is -3.84. The maximum absolute atomic E-state index is 15.1. The third-order valence-corrected chi connectivity index (χ3v) is 14.4. The second-order valence-electron chi connectivity index (χ2n) is 17.1. The van der Waals surface area contributed by atoms with Crippen molar-refractivity contribution < 1.29 is 24.2 Å². The van der Waals surface area contributed by atoms with Crippen LogP contribution in [0.2, 0.25) is 0 Å². The molecule has 11 nitrogen and oxygen atoms in total. The summed E-state index contributed by atoms with van der Waals surface area (Å²) in [6, 6.07) is 12.1. The Kier molecular flexibility index (Phi) is 10.2. The highest BCUT2D eigenvalue weighted by molar-refractivity contribution is 7.90. The van der Waals surface area contributed by atoms with Gasteiger partial charge in [0.1, 0.15) is 11.4 Å². The average molecular weight is 783 g/mol. The summed E-state index contributed by atoms with van der Waals surface area (Å²) in [7, 11) is -0.0101. The lowest BCUT2D eigenvalue weighted by Gasteiger charge is -2.49. The molecule has 4 aromatic rings. The van der Waals surface area contributed by atoms with E-state index in [9.17, 15) is 13.2 Å². The molecule has 1 saturated carbocycles. The van der Waals surface area contributed by atoms with Crippen LogP contribution in [0.4, 0.5) is 0 Å². The van der Waals surface area contributed by atoms with Crippen molar-refractivity contribution in [3.63, 3.8) is 0 Å². The molecular weight excluding hydrogens is 725 g/mol. The van der Waals surface area contributed by atoms with Gasteiger partial charge in [-0.15, -0.1) is 0 Å². The first kappa shape index (κ1) is 38.5. The van der Waals surface area contributed by atoms with Crippen LogP contribution in [-0.2, 0) is 16.6 Å². The Hall–Kier alpha value is -4.42. The van der Waals surface area contributed by atoms with Crippen molar-refractivity contribution in [2.24, 2.45) is 0 Å². The molecule has 56 heavy (non-hydrogen) atoms. The van der Waals surface area contributed by atoms with Crippen LogP contribution in [0.15, 0.2) is 36.4 Å². The number of methoxy groups -OCH3 is 1. The fourth-order valence-corrected chi connectivity index (χ4v) is 10.5. The van der Waals surface area contributed by atoms with E-state index in [-0.39, 0.29) is 31.0 Å². The van der Waals surface area contributed by atoms with Crippen LogP contribution < -0.4 is 9.46 Å². The third-order valence-electron chi connectivity index (χ3n) is 12.7. The van der Waals surface area contributed by atoms with Crippen molar-refractivity contribution in [3.05, 3.63) is 70.0 Å². The lowest BCUT2D eigenvalue weighted by Crippen LogP contribution is -2.61. The van der Waals surface area contributed by atoms with Gasteiger partial charge in [-0.3, -0.25) is 14.3 Å². The summed E-state index contributed by atoms with van der Waals surface area (Å²) in [6.45, 7) is 11.5. The van der Waals surface area contributed by atoms with Gasteiger partial charge in [0.15, 0.2) is 0 Å². The highest BCUT2D eigenvalue weighted by atomic mass is 32.2. The van der Waals surface area contributed by atoms with Crippen molar-refractivity contribution in [1.29, 1.82) is 0 Å². The molecule has 0 radical (unpaired) electrons. The van der Waals surface area contributed by atoms with Crippen LogP contribution in [0.1, 0.15) is 136 Å². The number of aromatic nitrogens is 3. The summed E-state index contributed by atoms with van der Waals surface area (Å²) in [5, 5.41) is 5.59. The van der Waals surface area contributed by atoms with Gasteiger partial charge < -0.3 is 19.1 Å². The van der Waals surface area contributed by atoms with E-state index in [0.29, 0.717) is 23.7 Å². The summed E-state index contributed by atoms with van der Waals surface area (Å²) < 4.78 is 38.0. The maximum atomic E-state index is 15.1. The number of piperidine rings is 1. The highest BCUT2D eigenvalue weighted by Gasteiger charge is 2.42. The number of carbonyl (C=O) groups excluding carboxylic acids is 2. The number of hydrogen-bond acceptors (Lipinski definition) is 7. The zero-order chi connectivity index (χ0) is 39.6. The van der Waals surface area contributed by atoms with Gasteiger partial charge in [0, 0.05) is 65.9 Å². The first-order valence-corrected chi connectivity index (χ1v) is 22.0. The van der Waals surface area contributed by atoms with Crippen LogP contribution in [-0.4, -0.2) is 89.0 Å². The van der Waals surface area contributed by atoms with Gasteiger partial charge in [-0.25, -0.2) is 13.1 Å². The molecule has 5 heterocycles. The zero-order valence-electron chi connectivity index (χ0n) is 33.9. The normalized spacial score (nSPS) is 20.5. The SMILES string of the molecule is COc1ccc2c(c1)C=C(c1nn(C(C)C)c(C)c1C(=O)N1C3CCCC1CN(C)C3)Cn1c-2c(C2CCCCC2)c2ccc(C(=O)NS(=O)(=O)C(C)C)cc21.[HH]. The number of amides is 2. The molecule has 12 heteroatoms. The van der Waals surface area contributed by atoms with Gasteiger partial charge in [0.25, 0.3) is 11.8 Å². The van der Waals surface area contributed by atoms with Gasteiger partial charge in [0.05, 0.1) is 30.2 Å². The molecule has 3 aliphatic heterocycles. The Morgan fingerprint density at radius 3 is 2.32 bits per heavy atom. The minimum Gasteiger partial charge on any atom is -0.497 e. The average Bonchev–Trinajstić information content (AvgIpc) is 3.62. The zero-order valence-corrected chi connectivity index (χ0v) is 34.7. The molecule has 2 amide bonds. The molecule has 1 aliphatic carbocycles. The van der Waals surface area contributed by atoms with Gasteiger partial charge in [-0.1, -0.05) is 25.3 Å². The molecule has 0 spiro atoms. The van der Waals surface area contributed by atoms with Crippen molar-refractivity contribution in [2.75, 3.05) is 27.2 Å². The maximum Gasteiger partial charge on any atom is 0.264 e. The van der Waals surface area contributed by atoms with Crippen LogP contribution in [0, 0.1) is 6.92 Å². The Morgan fingerprint density at radius 1 is 0.946 bits per heavy atom. The number of carbonyl (C=O) groups is 2. The highest BCUT2D eigenvalue weighted by Crippen LogP contribution is 2.48. The Bertz CT molecular complexity index is 2340. The number of piperazine rings is 1. The third kappa shape index (κ3) is 6.66. The topological polar surface area (TPSA) is 119 Å². The number of nitrogens with zero attached hydrogens (tertiary/aromatic N) is 5. The summed E-state index contributed by atoms with van der Waals surface area (Å²) >= 11 is 0. The predicted octanol–water partition coefficient (Wildman–Crippen LogP) is 8.03. The van der Waals surface area contributed by atoms with Crippen LogP contribution >= 0.6 is 0 Å². The van der Waals surface area contributed by atoms with E-state index in [1.54, 1.807) is 27.0 Å². The Balaban J connectivity index is 0.00000496. The fourth-order valence-electron chi connectivity index (χ4n) is 9.91. The molecule has 2 aromatic carbocycles. The number of benzene rings is 2. The quantitative estimate of drug-likeness (QED) is 0.192. The van der Waals surface area contributed by atoms with Crippen molar-refractivity contribution >= 4 is 44.4 Å². The molecule has 2 saturated heterocycles. The van der Waals surface area contributed by atoms with Crippen molar-refractivity contribution in [3.8, 4) is 17.0 Å². The predicted molar refractivity (Wildman–Crippen MR) is 224 cm³/mol. The minimum absolute atomic E-state index is 0. The fraction of sp³-hybridized carbons (Fsp3) is 0.523. The molecule has 2 atom stereocenters. The lowest BCUT2D eigenvalue weighted by atomic mass is 9.81. The molecular formula is C44H58N6O5S. The monoisotopic (exact) mass is 782 g/mol. The molecule has 1 N–H and O–H groups in total. The van der Waals surface area contributed by atoms with Gasteiger partial charge >= 0.3 is 0 Å². The van der Waals surface area contributed by atoms with E-state index < -0.39 is 21.2 Å². The summed E-state index contributed by atoms with van der Waals surface area (Å²) in [4.78, 5) is 33.3.